The Bertz CT molecular complexity index is 388. The Morgan fingerprint density at radius 1 is 1.29 bits per heavy atom. The Hall–Kier alpha value is -1.39. The maximum absolute atomic E-state index is 12.3. The number of nitrogens with two attached hydrogens (primary N) is 2. The van der Waals surface area contributed by atoms with Crippen LogP contribution in [0.5, 0.6) is 0 Å². The van der Waals surface area contributed by atoms with Crippen LogP contribution in [0.25, 0.3) is 0 Å². The third-order valence-electron chi connectivity index (χ3n) is 3.35. The molecule has 1 unspecified atom stereocenters. The number of amides is 1. The van der Waals surface area contributed by atoms with Gasteiger partial charge in [0.05, 0.1) is 0 Å². The summed E-state index contributed by atoms with van der Waals surface area (Å²) in [7, 11) is 0. The fraction of sp³-hybridized carbons (Fsp3) is 0.462. The van der Waals surface area contributed by atoms with Crippen LogP contribution in [0.3, 0.4) is 0 Å². The first-order chi connectivity index (χ1) is 8.26. The summed E-state index contributed by atoms with van der Waals surface area (Å²) < 4.78 is 0. The highest BCUT2D eigenvalue weighted by Crippen LogP contribution is 2.19. The lowest BCUT2D eigenvalue weighted by Crippen LogP contribution is -2.39. The Morgan fingerprint density at radius 2 is 2.00 bits per heavy atom. The van der Waals surface area contributed by atoms with E-state index < -0.39 is 0 Å². The second-order valence-corrected chi connectivity index (χ2v) is 4.43. The van der Waals surface area contributed by atoms with Crippen LogP contribution in [0.1, 0.15) is 28.8 Å². The minimum absolute atomic E-state index is 0.0847. The van der Waals surface area contributed by atoms with Crippen molar-refractivity contribution in [3.8, 4) is 0 Å². The van der Waals surface area contributed by atoms with E-state index >= 15 is 0 Å². The van der Waals surface area contributed by atoms with E-state index in [1.54, 1.807) is 0 Å². The van der Waals surface area contributed by atoms with Crippen molar-refractivity contribution in [2.75, 3.05) is 13.1 Å². The maximum Gasteiger partial charge on any atom is 0.254 e. The van der Waals surface area contributed by atoms with Gasteiger partial charge in [-0.15, -0.1) is 0 Å². The zero-order valence-corrected chi connectivity index (χ0v) is 9.93. The molecule has 0 bridgehead atoms. The average molecular weight is 233 g/mol. The monoisotopic (exact) mass is 233 g/mol. The molecule has 1 aliphatic rings. The number of rotatable bonds is 3. The van der Waals surface area contributed by atoms with Gasteiger partial charge in [-0.3, -0.25) is 4.79 Å². The standard InChI is InChI=1S/C13H19N3O/c14-8-10-3-5-11(6-4-10)13(17)16-7-1-2-12(16)9-15/h3-6,12H,1-2,7-9,14-15H2. The molecule has 1 amide bonds. The van der Waals surface area contributed by atoms with Crippen molar-refractivity contribution in [1.29, 1.82) is 0 Å². The van der Waals surface area contributed by atoms with Crippen molar-refractivity contribution < 1.29 is 4.79 Å². The van der Waals surface area contributed by atoms with Crippen LogP contribution in [0.2, 0.25) is 0 Å². The molecule has 0 saturated carbocycles. The van der Waals surface area contributed by atoms with Gasteiger partial charge in [0.15, 0.2) is 0 Å². The predicted octanol–water partition coefficient (Wildman–Crippen LogP) is 0.709. The van der Waals surface area contributed by atoms with Crippen molar-refractivity contribution in [1.82, 2.24) is 4.90 Å². The van der Waals surface area contributed by atoms with Crippen molar-refractivity contribution in [2.45, 2.75) is 25.4 Å². The minimum atomic E-state index is 0.0847. The highest BCUT2D eigenvalue weighted by molar-refractivity contribution is 5.94. The Morgan fingerprint density at radius 3 is 2.59 bits per heavy atom. The molecule has 17 heavy (non-hydrogen) atoms. The Labute approximate surface area is 102 Å². The second-order valence-electron chi connectivity index (χ2n) is 4.43. The lowest BCUT2D eigenvalue weighted by molar-refractivity contribution is 0.0741. The van der Waals surface area contributed by atoms with Gasteiger partial charge in [0.25, 0.3) is 5.91 Å². The number of benzene rings is 1. The third-order valence-corrected chi connectivity index (χ3v) is 3.35. The lowest BCUT2D eigenvalue weighted by Gasteiger charge is -2.23. The molecule has 1 saturated heterocycles. The zero-order chi connectivity index (χ0) is 12.3. The Kier molecular flexibility index (Phi) is 3.76. The van der Waals surface area contributed by atoms with Gasteiger partial charge in [-0.05, 0) is 30.5 Å². The molecule has 1 aliphatic heterocycles. The number of likely N-dealkylation sites (tertiary alicyclic amines) is 1. The van der Waals surface area contributed by atoms with Crippen LogP contribution in [-0.2, 0) is 6.54 Å². The van der Waals surface area contributed by atoms with Gasteiger partial charge in [0, 0.05) is 31.2 Å². The van der Waals surface area contributed by atoms with E-state index in [0.29, 0.717) is 13.1 Å². The van der Waals surface area contributed by atoms with Gasteiger partial charge < -0.3 is 16.4 Å². The molecule has 4 nitrogen and oxygen atoms in total. The van der Waals surface area contributed by atoms with Crippen LogP contribution in [0, 0.1) is 0 Å². The van der Waals surface area contributed by atoms with Gasteiger partial charge in [-0.1, -0.05) is 12.1 Å². The van der Waals surface area contributed by atoms with Crippen LogP contribution < -0.4 is 11.5 Å². The van der Waals surface area contributed by atoms with E-state index in [9.17, 15) is 4.79 Å². The van der Waals surface area contributed by atoms with Crippen LogP contribution in [0.4, 0.5) is 0 Å². The molecule has 0 aromatic heterocycles. The van der Waals surface area contributed by atoms with Gasteiger partial charge >= 0.3 is 0 Å². The molecule has 4 heteroatoms. The summed E-state index contributed by atoms with van der Waals surface area (Å²) in [5.74, 6) is 0.0847. The number of carbonyl (C=O) groups is 1. The molecular weight excluding hydrogens is 214 g/mol. The molecule has 4 N–H and O–H groups in total. The molecule has 1 aromatic rings. The molecule has 1 aromatic carbocycles. The van der Waals surface area contributed by atoms with Crippen molar-refractivity contribution in [3.05, 3.63) is 35.4 Å². The summed E-state index contributed by atoms with van der Waals surface area (Å²) in [5.41, 5.74) is 13.0. The van der Waals surface area contributed by atoms with Crippen LogP contribution in [0.15, 0.2) is 24.3 Å². The topological polar surface area (TPSA) is 72.4 Å². The summed E-state index contributed by atoms with van der Waals surface area (Å²) in [4.78, 5) is 14.1. The SMILES string of the molecule is NCc1ccc(C(=O)N2CCCC2CN)cc1. The predicted molar refractivity (Wildman–Crippen MR) is 67.4 cm³/mol. The van der Waals surface area contributed by atoms with Gasteiger partial charge in [-0.2, -0.15) is 0 Å². The molecule has 0 spiro atoms. The molecule has 0 aliphatic carbocycles. The highest BCUT2D eigenvalue weighted by atomic mass is 16.2. The second kappa shape index (κ2) is 5.29. The summed E-state index contributed by atoms with van der Waals surface area (Å²) in [6.45, 7) is 1.87. The van der Waals surface area contributed by atoms with E-state index in [1.165, 1.54) is 0 Å². The van der Waals surface area contributed by atoms with Gasteiger partial charge in [-0.25, -0.2) is 0 Å². The van der Waals surface area contributed by atoms with E-state index in [1.807, 2.05) is 29.2 Å². The molecule has 2 rings (SSSR count). The smallest absolute Gasteiger partial charge is 0.254 e. The highest BCUT2D eigenvalue weighted by Gasteiger charge is 2.27. The Balaban J connectivity index is 2.13. The molecule has 1 atom stereocenters. The fourth-order valence-electron chi connectivity index (χ4n) is 2.30. The third kappa shape index (κ3) is 2.48. The average Bonchev–Trinajstić information content (AvgIpc) is 2.86. The summed E-state index contributed by atoms with van der Waals surface area (Å²) >= 11 is 0. The van der Waals surface area contributed by atoms with Crippen molar-refractivity contribution >= 4 is 5.91 Å². The summed E-state index contributed by atoms with van der Waals surface area (Å²) in [5, 5.41) is 0. The van der Waals surface area contributed by atoms with Gasteiger partial charge in [0.2, 0.25) is 0 Å². The fourth-order valence-corrected chi connectivity index (χ4v) is 2.30. The van der Waals surface area contributed by atoms with E-state index in [4.69, 9.17) is 11.5 Å². The first-order valence-corrected chi connectivity index (χ1v) is 6.06. The first kappa shape index (κ1) is 12.1. The normalized spacial score (nSPS) is 19.6. The molecule has 0 radical (unpaired) electrons. The van der Waals surface area contributed by atoms with Gasteiger partial charge in [0.1, 0.15) is 0 Å². The van der Waals surface area contributed by atoms with E-state index in [-0.39, 0.29) is 11.9 Å². The van der Waals surface area contributed by atoms with Crippen LogP contribution in [-0.4, -0.2) is 29.9 Å². The lowest BCUT2D eigenvalue weighted by atomic mass is 10.1. The minimum Gasteiger partial charge on any atom is -0.334 e. The number of nitrogens with zero attached hydrogens (tertiary/aromatic N) is 1. The first-order valence-electron chi connectivity index (χ1n) is 6.06. The summed E-state index contributed by atoms with van der Waals surface area (Å²) in [6, 6.07) is 7.70. The van der Waals surface area contributed by atoms with Crippen molar-refractivity contribution in [2.24, 2.45) is 11.5 Å². The quantitative estimate of drug-likeness (QED) is 0.807. The van der Waals surface area contributed by atoms with Crippen LogP contribution >= 0.6 is 0 Å². The molecule has 1 fully saturated rings. The largest absolute Gasteiger partial charge is 0.334 e. The number of carbonyl (C=O) groups excluding carboxylic acids is 1. The van der Waals surface area contributed by atoms with Crippen molar-refractivity contribution in [3.63, 3.8) is 0 Å². The molecular formula is C13H19N3O. The molecule has 1 heterocycles. The maximum atomic E-state index is 12.3. The number of hydrogen-bond donors (Lipinski definition) is 2. The number of hydrogen-bond acceptors (Lipinski definition) is 3. The van der Waals surface area contributed by atoms with E-state index in [2.05, 4.69) is 0 Å². The zero-order valence-electron chi connectivity index (χ0n) is 9.93. The molecule has 92 valence electrons. The summed E-state index contributed by atoms with van der Waals surface area (Å²) in [6.07, 6.45) is 2.07. The van der Waals surface area contributed by atoms with E-state index in [0.717, 1.165) is 30.5 Å².